The van der Waals surface area contributed by atoms with Crippen molar-refractivity contribution in [3.05, 3.63) is 30.3 Å². The van der Waals surface area contributed by atoms with Gasteiger partial charge in [0.25, 0.3) is 10.0 Å². The molecule has 10 nitrogen and oxygen atoms in total. The first-order chi connectivity index (χ1) is 12.4. The Labute approximate surface area is 150 Å². The number of ether oxygens (including phenoxy) is 3. The third-order valence-electron chi connectivity index (χ3n) is 3.00. The first-order valence-electron chi connectivity index (χ1n) is 7.41. The molecule has 2 N–H and O–H groups in total. The third-order valence-corrected chi connectivity index (χ3v) is 4.37. The molecule has 0 fully saturated rings. The zero-order valence-electron chi connectivity index (χ0n) is 14.3. The summed E-state index contributed by atoms with van der Waals surface area (Å²) in [6.45, 7) is 1.91. The molecule has 0 saturated carbocycles. The van der Waals surface area contributed by atoms with Crippen molar-refractivity contribution in [3.8, 4) is 11.9 Å². The highest BCUT2D eigenvalue weighted by Crippen LogP contribution is 2.21. The van der Waals surface area contributed by atoms with Crippen molar-refractivity contribution in [1.29, 1.82) is 0 Å². The summed E-state index contributed by atoms with van der Waals surface area (Å²) in [6, 6.07) is 6.81. The molecule has 140 valence electrons. The normalized spacial score (nSPS) is 10.7. The topological polar surface area (TPSA) is 129 Å². The average Bonchev–Trinajstić information content (AvgIpc) is 2.61. The number of benzene rings is 1. The number of methoxy groups -OCH3 is 2. The lowest BCUT2D eigenvalue weighted by atomic mass is 10.3. The summed E-state index contributed by atoms with van der Waals surface area (Å²) in [6.07, 6.45) is -0.624. The van der Waals surface area contributed by atoms with Crippen LogP contribution in [0.4, 0.5) is 16.3 Å². The van der Waals surface area contributed by atoms with E-state index < -0.39 is 16.1 Å². The minimum absolute atomic E-state index is 0.0116. The minimum Gasteiger partial charge on any atom is -0.481 e. The maximum atomic E-state index is 12.5. The second kappa shape index (κ2) is 8.34. The summed E-state index contributed by atoms with van der Waals surface area (Å²) in [7, 11) is -1.18. The molecule has 2 aromatic rings. The summed E-state index contributed by atoms with van der Waals surface area (Å²) in [5, 5.41) is 2.47. The van der Waals surface area contributed by atoms with Crippen LogP contribution in [0.3, 0.4) is 0 Å². The maximum absolute atomic E-state index is 12.5. The summed E-state index contributed by atoms with van der Waals surface area (Å²) >= 11 is 0. The van der Waals surface area contributed by atoms with Crippen molar-refractivity contribution in [2.24, 2.45) is 0 Å². The Bertz CT molecular complexity index is 848. The zero-order chi connectivity index (χ0) is 19.2. The fraction of sp³-hybridized carbons (Fsp3) is 0.267. The van der Waals surface area contributed by atoms with E-state index in [-0.39, 0.29) is 29.2 Å². The van der Waals surface area contributed by atoms with Crippen molar-refractivity contribution in [2.75, 3.05) is 30.9 Å². The standard InChI is InChI=1S/C15H18N4O6S/c1-4-25-15(20)16-10-5-7-11(8-6-10)26(21,22)19-12-9-13(23-2)18-14(17-12)24-3/h5-9H,4H2,1-3H3,(H,16,20)(H,17,18,19). The zero-order valence-corrected chi connectivity index (χ0v) is 15.2. The summed E-state index contributed by atoms with van der Waals surface area (Å²) < 4.78 is 41.9. The van der Waals surface area contributed by atoms with Crippen LogP contribution in [0.5, 0.6) is 11.9 Å². The summed E-state index contributed by atoms with van der Waals surface area (Å²) in [5.74, 6) is 0.131. The van der Waals surface area contributed by atoms with Crippen LogP contribution in [0.15, 0.2) is 35.2 Å². The summed E-state index contributed by atoms with van der Waals surface area (Å²) in [4.78, 5) is 19.1. The first kappa shape index (κ1) is 19.2. The van der Waals surface area contributed by atoms with Crippen LogP contribution in [0.1, 0.15) is 6.92 Å². The molecule has 0 aliphatic rings. The van der Waals surface area contributed by atoms with Gasteiger partial charge in [-0.25, -0.2) is 13.2 Å². The number of nitrogens with zero attached hydrogens (tertiary/aromatic N) is 2. The predicted octanol–water partition coefficient (Wildman–Crippen LogP) is 1.86. The van der Waals surface area contributed by atoms with Crippen molar-refractivity contribution < 1.29 is 27.4 Å². The Morgan fingerprint density at radius 2 is 1.81 bits per heavy atom. The second-order valence-corrected chi connectivity index (χ2v) is 6.44. The van der Waals surface area contributed by atoms with Gasteiger partial charge in [-0.1, -0.05) is 0 Å². The fourth-order valence-electron chi connectivity index (χ4n) is 1.85. The van der Waals surface area contributed by atoms with E-state index in [1.807, 2.05) is 0 Å². The van der Waals surface area contributed by atoms with Gasteiger partial charge in [0.05, 0.1) is 25.7 Å². The van der Waals surface area contributed by atoms with Crippen LogP contribution >= 0.6 is 0 Å². The van der Waals surface area contributed by atoms with Gasteiger partial charge in [0.1, 0.15) is 0 Å². The molecule has 0 bridgehead atoms. The Morgan fingerprint density at radius 1 is 1.12 bits per heavy atom. The first-order valence-corrected chi connectivity index (χ1v) is 8.90. The highest BCUT2D eigenvalue weighted by atomic mass is 32.2. The molecule has 0 saturated heterocycles. The van der Waals surface area contributed by atoms with E-state index in [0.29, 0.717) is 5.69 Å². The van der Waals surface area contributed by atoms with Gasteiger partial charge in [-0.05, 0) is 31.2 Å². The Hall–Kier alpha value is -3.08. The number of hydrogen-bond acceptors (Lipinski definition) is 8. The number of amides is 1. The fourth-order valence-corrected chi connectivity index (χ4v) is 2.84. The number of rotatable bonds is 7. The van der Waals surface area contributed by atoms with Gasteiger partial charge >= 0.3 is 12.1 Å². The van der Waals surface area contributed by atoms with Crippen LogP contribution in [0, 0.1) is 0 Å². The highest BCUT2D eigenvalue weighted by Gasteiger charge is 2.17. The molecule has 1 heterocycles. The number of carbonyl (C=O) groups is 1. The van der Waals surface area contributed by atoms with E-state index in [9.17, 15) is 13.2 Å². The van der Waals surface area contributed by atoms with Crippen LogP contribution < -0.4 is 19.5 Å². The molecular formula is C15H18N4O6S. The molecule has 1 aromatic carbocycles. The largest absolute Gasteiger partial charge is 0.481 e. The number of carbonyl (C=O) groups excluding carboxylic acids is 1. The lowest BCUT2D eigenvalue weighted by molar-refractivity contribution is 0.168. The van der Waals surface area contributed by atoms with Gasteiger partial charge in [-0.3, -0.25) is 10.0 Å². The molecule has 2 rings (SSSR count). The van der Waals surface area contributed by atoms with E-state index >= 15 is 0 Å². The molecule has 0 unspecified atom stereocenters. The molecule has 0 atom stereocenters. The molecular weight excluding hydrogens is 364 g/mol. The Morgan fingerprint density at radius 3 is 2.38 bits per heavy atom. The van der Waals surface area contributed by atoms with Gasteiger partial charge in [0.15, 0.2) is 5.82 Å². The van der Waals surface area contributed by atoms with E-state index in [1.165, 1.54) is 44.6 Å². The van der Waals surface area contributed by atoms with E-state index in [0.717, 1.165) is 0 Å². The molecule has 0 spiro atoms. The number of nitrogens with one attached hydrogen (secondary N) is 2. The van der Waals surface area contributed by atoms with Crippen LogP contribution in [0.25, 0.3) is 0 Å². The van der Waals surface area contributed by atoms with E-state index in [4.69, 9.17) is 14.2 Å². The lowest BCUT2D eigenvalue weighted by Crippen LogP contribution is -2.15. The van der Waals surface area contributed by atoms with Gasteiger partial charge in [0, 0.05) is 11.8 Å². The SMILES string of the molecule is CCOC(=O)Nc1ccc(S(=O)(=O)Nc2cc(OC)nc(OC)n2)cc1. The van der Waals surface area contributed by atoms with Crippen LogP contribution in [-0.2, 0) is 14.8 Å². The molecule has 1 aromatic heterocycles. The second-order valence-electron chi connectivity index (χ2n) is 4.76. The van der Waals surface area contributed by atoms with Gasteiger partial charge in [-0.15, -0.1) is 0 Å². The van der Waals surface area contributed by atoms with Crippen LogP contribution in [-0.4, -0.2) is 45.3 Å². The maximum Gasteiger partial charge on any atom is 0.411 e. The molecule has 0 aliphatic carbocycles. The van der Waals surface area contributed by atoms with Crippen molar-refractivity contribution in [2.45, 2.75) is 11.8 Å². The van der Waals surface area contributed by atoms with Crippen LogP contribution in [0.2, 0.25) is 0 Å². The molecule has 11 heteroatoms. The Kier molecular flexibility index (Phi) is 6.17. The number of aromatic nitrogens is 2. The third kappa shape index (κ3) is 4.96. The lowest BCUT2D eigenvalue weighted by Gasteiger charge is -2.10. The van der Waals surface area contributed by atoms with Gasteiger partial charge in [-0.2, -0.15) is 9.97 Å². The van der Waals surface area contributed by atoms with Gasteiger partial charge < -0.3 is 14.2 Å². The molecule has 0 radical (unpaired) electrons. The Balaban J connectivity index is 2.18. The van der Waals surface area contributed by atoms with E-state index in [1.54, 1.807) is 6.92 Å². The van der Waals surface area contributed by atoms with Crippen molar-refractivity contribution in [3.63, 3.8) is 0 Å². The smallest absolute Gasteiger partial charge is 0.411 e. The predicted molar refractivity (Wildman–Crippen MR) is 93.0 cm³/mol. The highest BCUT2D eigenvalue weighted by molar-refractivity contribution is 7.92. The number of anilines is 2. The molecule has 26 heavy (non-hydrogen) atoms. The quantitative estimate of drug-likeness (QED) is 0.742. The van der Waals surface area contributed by atoms with E-state index in [2.05, 4.69) is 20.0 Å². The monoisotopic (exact) mass is 382 g/mol. The molecule has 1 amide bonds. The van der Waals surface area contributed by atoms with Crippen molar-refractivity contribution in [1.82, 2.24) is 9.97 Å². The molecule has 0 aliphatic heterocycles. The minimum atomic E-state index is -3.91. The number of sulfonamides is 1. The summed E-state index contributed by atoms with van der Waals surface area (Å²) in [5.41, 5.74) is 0.396. The van der Waals surface area contributed by atoms with Gasteiger partial charge in [0.2, 0.25) is 5.88 Å². The number of hydrogen-bond donors (Lipinski definition) is 2. The average molecular weight is 382 g/mol. The van der Waals surface area contributed by atoms with Crippen molar-refractivity contribution >= 4 is 27.6 Å².